The lowest BCUT2D eigenvalue weighted by molar-refractivity contribution is -0.135. The van der Waals surface area contributed by atoms with E-state index in [-0.39, 0.29) is 21.9 Å². The van der Waals surface area contributed by atoms with Crippen LogP contribution in [0.25, 0.3) is 0 Å². The first kappa shape index (κ1) is 18.6. The van der Waals surface area contributed by atoms with Crippen molar-refractivity contribution in [1.82, 2.24) is 14.1 Å². The van der Waals surface area contributed by atoms with Gasteiger partial charge in [-0.1, -0.05) is 23.7 Å². The largest absolute Gasteiger partial charge is 0.341 e. The molecule has 8 heteroatoms. The van der Waals surface area contributed by atoms with E-state index in [0.717, 1.165) is 25.9 Å². The van der Waals surface area contributed by atoms with Crippen LogP contribution in [0.15, 0.2) is 29.2 Å². The fourth-order valence-electron chi connectivity index (χ4n) is 3.48. The van der Waals surface area contributed by atoms with Gasteiger partial charge >= 0.3 is 0 Å². The maximum atomic E-state index is 12.8. The van der Waals surface area contributed by atoms with Crippen molar-refractivity contribution < 1.29 is 13.2 Å². The molecule has 0 unspecified atom stereocenters. The molecule has 1 atom stereocenters. The Morgan fingerprint density at radius 3 is 2.24 bits per heavy atom. The standard InChI is InChI=1S/C17H24ClN3O3S/c1-14(17(22)20-8-4-5-9-20)19-10-12-21(13-11-19)25(23,24)16-7-3-2-6-15(16)18/h2-3,6-7,14H,4-5,8-13H2,1H3/t14-/m0/s1. The van der Waals surface area contributed by atoms with E-state index < -0.39 is 10.0 Å². The number of carbonyl (C=O) groups excluding carboxylic acids is 1. The minimum atomic E-state index is -3.60. The summed E-state index contributed by atoms with van der Waals surface area (Å²) in [5.74, 6) is 0.153. The zero-order valence-electron chi connectivity index (χ0n) is 14.4. The fourth-order valence-corrected chi connectivity index (χ4v) is 5.40. The van der Waals surface area contributed by atoms with Crippen LogP contribution in [0.2, 0.25) is 5.02 Å². The summed E-state index contributed by atoms with van der Waals surface area (Å²) in [6, 6.07) is 6.30. The number of nitrogens with zero attached hydrogens (tertiary/aromatic N) is 3. The first-order valence-electron chi connectivity index (χ1n) is 8.69. The summed E-state index contributed by atoms with van der Waals surface area (Å²) in [5.41, 5.74) is 0. The van der Waals surface area contributed by atoms with Crippen molar-refractivity contribution in [3.63, 3.8) is 0 Å². The highest BCUT2D eigenvalue weighted by Gasteiger charge is 2.34. The van der Waals surface area contributed by atoms with E-state index in [4.69, 9.17) is 11.6 Å². The number of rotatable bonds is 4. The molecule has 0 saturated carbocycles. The molecule has 25 heavy (non-hydrogen) atoms. The van der Waals surface area contributed by atoms with Crippen LogP contribution in [0.3, 0.4) is 0 Å². The number of carbonyl (C=O) groups is 1. The molecule has 0 aromatic heterocycles. The van der Waals surface area contributed by atoms with E-state index in [2.05, 4.69) is 4.90 Å². The molecule has 0 spiro atoms. The second-order valence-electron chi connectivity index (χ2n) is 6.58. The van der Waals surface area contributed by atoms with E-state index in [0.29, 0.717) is 26.2 Å². The molecule has 0 radical (unpaired) electrons. The molecule has 6 nitrogen and oxygen atoms in total. The first-order valence-corrected chi connectivity index (χ1v) is 10.5. The molecule has 2 heterocycles. The van der Waals surface area contributed by atoms with Crippen LogP contribution < -0.4 is 0 Å². The topological polar surface area (TPSA) is 60.9 Å². The Labute approximate surface area is 154 Å². The van der Waals surface area contributed by atoms with Gasteiger partial charge in [0.25, 0.3) is 0 Å². The normalized spacial score (nSPS) is 21.4. The fraction of sp³-hybridized carbons (Fsp3) is 0.588. The smallest absolute Gasteiger partial charge is 0.244 e. The summed E-state index contributed by atoms with van der Waals surface area (Å²) in [6.07, 6.45) is 2.14. The zero-order valence-corrected chi connectivity index (χ0v) is 16.0. The molecule has 1 aromatic rings. The molecule has 0 N–H and O–H groups in total. The van der Waals surface area contributed by atoms with Crippen molar-refractivity contribution in [2.75, 3.05) is 39.3 Å². The lowest BCUT2D eigenvalue weighted by Crippen LogP contribution is -2.55. The summed E-state index contributed by atoms with van der Waals surface area (Å²) in [6.45, 7) is 5.41. The van der Waals surface area contributed by atoms with Gasteiger partial charge in [0.2, 0.25) is 15.9 Å². The van der Waals surface area contributed by atoms with Gasteiger partial charge in [-0.15, -0.1) is 0 Å². The van der Waals surface area contributed by atoms with Crippen molar-refractivity contribution in [3.05, 3.63) is 29.3 Å². The lowest BCUT2D eigenvalue weighted by Gasteiger charge is -2.37. The Hall–Kier alpha value is -1.15. The Morgan fingerprint density at radius 1 is 1.04 bits per heavy atom. The SMILES string of the molecule is C[C@@H](C(=O)N1CCCC1)N1CCN(S(=O)(=O)c2ccccc2Cl)CC1. The number of benzene rings is 1. The number of likely N-dealkylation sites (tertiary alicyclic amines) is 1. The van der Waals surface area contributed by atoms with Gasteiger partial charge in [-0.3, -0.25) is 9.69 Å². The number of halogens is 1. The van der Waals surface area contributed by atoms with Gasteiger partial charge in [-0.25, -0.2) is 8.42 Å². The number of piperazine rings is 1. The summed E-state index contributed by atoms with van der Waals surface area (Å²) >= 11 is 6.05. The Balaban J connectivity index is 1.63. The number of sulfonamides is 1. The van der Waals surface area contributed by atoms with E-state index in [1.807, 2.05) is 11.8 Å². The monoisotopic (exact) mass is 385 g/mol. The molecule has 0 bridgehead atoms. The highest BCUT2D eigenvalue weighted by atomic mass is 35.5. The van der Waals surface area contributed by atoms with Crippen LogP contribution >= 0.6 is 11.6 Å². The summed E-state index contributed by atoms with van der Waals surface area (Å²) in [5, 5.41) is 0.238. The Morgan fingerprint density at radius 2 is 1.64 bits per heavy atom. The third-order valence-corrected chi connectivity index (χ3v) is 7.45. The Bertz CT molecular complexity index is 726. The molecule has 1 amide bonds. The van der Waals surface area contributed by atoms with Gasteiger partial charge in [0, 0.05) is 39.3 Å². The van der Waals surface area contributed by atoms with Crippen LogP contribution in [0.5, 0.6) is 0 Å². The summed E-state index contributed by atoms with van der Waals surface area (Å²) in [4.78, 5) is 16.7. The second kappa shape index (κ2) is 7.61. The summed E-state index contributed by atoms with van der Waals surface area (Å²) < 4.78 is 27.0. The van der Waals surface area contributed by atoms with Crippen molar-refractivity contribution in [2.24, 2.45) is 0 Å². The number of hydrogen-bond donors (Lipinski definition) is 0. The molecular formula is C17H24ClN3O3S. The molecule has 2 aliphatic rings. The van der Waals surface area contributed by atoms with Crippen molar-refractivity contribution in [3.8, 4) is 0 Å². The molecular weight excluding hydrogens is 362 g/mol. The van der Waals surface area contributed by atoms with Crippen molar-refractivity contribution in [1.29, 1.82) is 0 Å². The van der Waals surface area contributed by atoms with Gasteiger partial charge in [-0.05, 0) is 31.9 Å². The van der Waals surface area contributed by atoms with E-state index >= 15 is 0 Å². The maximum absolute atomic E-state index is 12.8. The van der Waals surface area contributed by atoms with E-state index in [1.54, 1.807) is 18.2 Å². The highest BCUT2D eigenvalue weighted by molar-refractivity contribution is 7.89. The van der Waals surface area contributed by atoms with Crippen LogP contribution in [0, 0.1) is 0 Å². The minimum absolute atomic E-state index is 0.145. The quantitative estimate of drug-likeness (QED) is 0.790. The van der Waals surface area contributed by atoms with Crippen LogP contribution in [0.4, 0.5) is 0 Å². The van der Waals surface area contributed by atoms with Gasteiger partial charge in [0.1, 0.15) is 4.90 Å². The molecule has 1 aromatic carbocycles. The minimum Gasteiger partial charge on any atom is -0.341 e. The molecule has 2 aliphatic heterocycles. The predicted molar refractivity (Wildman–Crippen MR) is 97.1 cm³/mol. The maximum Gasteiger partial charge on any atom is 0.244 e. The number of amides is 1. The van der Waals surface area contributed by atoms with Crippen molar-refractivity contribution in [2.45, 2.75) is 30.7 Å². The number of hydrogen-bond acceptors (Lipinski definition) is 4. The average molecular weight is 386 g/mol. The van der Waals surface area contributed by atoms with E-state index in [9.17, 15) is 13.2 Å². The van der Waals surface area contributed by atoms with Crippen LogP contribution in [-0.4, -0.2) is 73.7 Å². The molecule has 2 fully saturated rings. The van der Waals surface area contributed by atoms with Crippen LogP contribution in [-0.2, 0) is 14.8 Å². The van der Waals surface area contributed by atoms with Gasteiger partial charge in [0.05, 0.1) is 11.1 Å². The third kappa shape index (κ3) is 3.84. The summed E-state index contributed by atoms with van der Waals surface area (Å²) in [7, 11) is -3.60. The van der Waals surface area contributed by atoms with Gasteiger partial charge in [-0.2, -0.15) is 4.31 Å². The Kier molecular flexibility index (Phi) is 5.68. The third-order valence-electron chi connectivity index (χ3n) is 5.05. The first-order chi connectivity index (χ1) is 11.9. The van der Waals surface area contributed by atoms with Gasteiger partial charge < -0.3 is 4.90 Å². The highest BCUT2D eigenvalue weighted by Crippen LogP contribution is 2.25. The van der Waals surface area contributed by atoms with Gasteiger partial charge in [0.15, 0.2) is 0 Å². The van der Waals surface area contributed by atoms with E-state index in [1.165, 1.54) is 10.4 Å². The molecule has 138 valence electrons. The lowest BCUT2D eigenvalue weighted by atomic mass is 10.2. The molecule has 0 aliphatic carbocycles. The zero-order chi connectivity index (χ0) is 18.0. The molecule has 2 saturated heterocycles. The average Bonchev–Trinajstić information content (AvgIpc) is 3.15. The molecule has 3 rings (SSSR count). The second-order valence-corrected chi connectivity index (χ2v) is 8.89. The van der Waals surface area contributed by atoms with Crippen molar-refractivity contribution >= 4 is 27.5 Å². The van der Waals surface area contributed by atoms with Crippen LogP contribution in [0.1, 0.15) is 19.8 Å². The predicted octanol–water partition coefficient (Wildman–Crippen LogP) is 1.66.